The van der Waals surface area contributed by atoms with Crippen molar-refractivity contribution >= 4 is 34.8 Å². The molecule has 0 aliphatic carbocycles. The number of anilines is 1. The first-order chi connectivity index (χ1) is 19.5. The molecule has 0 spiro atoms. The van der Waals surface area contributed by atoms with Crippen LogP contribution in [0.3, 0.4) is 0 Å². The van der Waals surface area contributed by atoms with Crippen molar-refractivity contribution in [2.45, 2.75) is 30.2 Å². The summed E-state index contributed by atoms with van der Waals surface area (Å²) in [6.45, 7) is 1.47. The molecule has 0 unspecified atom stereocenters. The number of ether oxygens (including phenoxy) is 1. The minimum atomic E-state index is -3.61. The summed E-state index contributed by atoms with van der Waals surface area (Å²) in [6.07, 6.45) is 6.78. The molecular weight excluding hydrogens is 523 g/mol. The minimum Gasteiger partial charge on any atom is -0.457 e. The molecule has 1 aliphatic heterocycles. The Hall–Kier alpha value is -4.22. The predicted octanol–water partition coefficient (Wildman–Crippen LogP) is 3.36. The van der Waals surface area contributed by atoms with Crippen LogP contribution in [-0.4, -0.2) is 53.2 Å². The molecule has 1 N–H and O–H groups in total. The molecule has 11 heteroatoms. The fourth-order valence-electron chi connectivity index (χ4n) is 4.97. The van der Waals surface area contributed by atoms with Crippen molar-refractivity contribution in [3.63, 3.8) is 0 Å². The Morgan fingerprint density at radius 1 is 0.950 bits per heavy atom. The highest BCUT2D eigenvalue weighted by Gasteiger charge is 2.31. The molecule has 40 heavy (non-hydrogen) atoms. The van der Waals surface area contributed by atoms with Gasteiger partial charge in [-0.2, -0.15) is 13.9 Å². The lowest BCUT2D eigenvalue weighted by atomic mass is 9.94. The molecule has 3 aromatic heterocycles. The van der Waals surface area contributed by atoms with Crippen LogP contribution in [0.5, 0.6) is 11.5 Å². The van der Waals surface area contributed by atoms with E-state index < -0.39 is 10.0 Å². The molecular formula is C29H29BN6O3S. The summed E-state index contributed by atoms with van der Waals surface area (Å²) in [6, 6.07) is 22.0. The van der Waals surface area contributed by atoms with E-state index in [1.807, 2.05) is 73.3 Å². The number of benzene rings is 2. The first kappa shape index (κ1) is 26.0. The molecule has 2 aromatic carbocycles. The molecule has 0 atom stereocenters. The van der Waals surface area contributed by atoms with Crippen LogP contribution in [-0.2, 0) is 16.6 Å². The van der Waals surface area contributed by atoms with Crippen molar-refractivity contribution in [2.24, 2.45) is 0 Å². The van der Waals surface area contributed by atoms with Crippen LogP contribution in [0, 0.1) is 0 Å². The van der Waals surface area contributed by atoms with E-state index in [1.165, 1.54) is 0 Å². The molecule has 0 amide bonds. The fraction of sp³-hybridized carbons (Fsp3) is 0.207. The molecule has 0 bridgehead atoms. The lowest BCUT2D eigenvalue weighted by molar-refractivity contribution is 0.317. The maximum Gasteiger partial charge on any atom is 0.243 e. The van der Waals surface area contributed by atoms with Gasteiger partial charge in [-0.3, -0.25) is 4.98 Å². The van der Waals surface area contributed by atoms with Crippen LogP contribution >= 0.6 is 0 Å². The second-order valence-electron chi connectivity index (χ2n) is 9.91. The van der Waals surface area contributed by atoms with Crippen LogP contribution in [0.15, 0.2) is 96.3 Å². The van der Waals surface area contributed by atoms with Crippen molar-refractivity contribution in [2.75, 3.05) is 18.4 Å². The number of hydrogen-bond donors (Lipinski definition) is 1. The van der Waals surface area contributed by atoms with Gasteiger partial charge in [0.2, 0.25) is 10.0 Å². The highest BCUT2D eigenvalue weighted by atomic mass is 32.2. The van der Waals surface area contributed by atoms with Crippen molar-refractivity contribution in [1.29, 1.82) is 0 Å². The van der Waals surface area contributed by atoms with E-state index in [2.05, 4.69) is 15.4 Å². The zero-order valence-corrected chi connectivity index (χ0v) is 23.0. The van der Waals surface area contributed by atoms with Crippen LogP contribution in [0.4, 0.5) is 5.82 Å². The molecule has 5 aromatic rings. The van der Waals surface area contributed by atoms with Gasteiger partial charge < -0.3 is 10.1 Å². The number of hydrogen-bond acceptors (Lipinski definition) is 7. The molecule has 1 saturated heterocycles. The largest absolute Gasteiger partial charge is 0.457 e. The van der Waals surface area contributed by atoms with E-state index in [0.717, 1.165) is 28.2 Å². The molecule has 4 heterocycles. The van der Waals surface area contributed by atoms with Gasteiger partial charge in [0.05, 0.1) is 4.90 Å². The monoisotopic (exact) mass is 552 g/mol. The van der Waals surface area contributed by atoms with Crippen molar-refractivity contribution in [3.05, 3.63) is 103 Å². The SMILES string of the molecule is Bc1cnn2c(NCc3cccnc3)cc(C3CCN(S(=O)(=O)c4ccc(Oc5ccccc5)cc4)CC3)nc12. The highest BCUT2D eigenvalue weighted by molar-refractivity contribution is 7.89. The number of para-hydroxylation sites is 1. The molecule has 1 fully saturated rings. The molecule has 0 saturated carbocycles. The van der Waals surface area contributed by atoms with Crippen LogP contribution < -0.4 is 15.5 Å². The molecule has 202 valence electrons. The Labute approximate surface area is 234 Å². The molecule has 0 radical (unpaired) electrons. The maximum absolute atomic E-state index is 13.4. The van der Waals surface area contributed by atoms with E-state index >= 15 is 0 Å². The third-order valence-electron chi connectivity index (χ3n) is 7.18. The molecule has 9 nitrogen and oxygen atoms in total. The Bertz CT molecular complexity index is 1710. The summed E-state index contributed by atoms with van der Waals surface area (Å²) in [4.78, 5) is 9.39. The van der Waals surface area contributed by atoms with Gasteiger partial charge in [0.1, 0.15) is 25.2 Å². The first-order valence-electron chi connectivity index (χ1n) is 13.3. The topological polar surface area (TPSA) is 102 Å². The van der Waals surface area contributed by atoms with Gasteiger partial charge in [-0.15, -0.1) is 0 Å². The highest BCUT2D eigenvalue weighted by Crippen LogP contribution is 2.32. The minimum absolute atomic E-state index is 0.145. The summed E-state index contributed by atoms with van der Waals surface area (Å²) in [5, 5.41) is 7.98. The average Bonchev–Trinajstić information content (AvgIpc) is 3.38. The average molecular weight is 552 g/mol. The number of sulfonamides is 1. The number of rotatable bonds is 8. The van der Waals surface area contributed by atoms with Gasteiger partial charge in [-0.25, -0.2) is 13.4 Å². The van der Waals surface area contributed by atoms with E-state index in [0.29, 0.717) is 44.0 Å². The number of aromatic nitrogens is 4. The molecule has 1 aliphatic rings. The lowest BCUT2D eigenvalue weighted by Gasteiger charge is -2.31. The summed E-state index contributed by atoms with van der Waals surface area (Å²) in [7, 11) is -1.62. The number of nitrogens with zero attached hydrogens (tertiary/aromatic N) is 5. The number of pyridine rings is 1. The second kappa shape index (κ2) is 11.1. The van der Waals surface area contributed by atoms with Crippen molar-refractivity contribution < 1.29 is 13.2 Å². The van der Waals surface area contributed by atoms with Crippen molar-refractivity contribution in [1.82, 2.24) is 23.9 Å². The molecule has 6 rings (SSSR count). The second-order valence-corrected chi connectivity index (χ2v) is 11.8. The predicted molar refractivity (Wildman–Crippen MR) is 156 cm³/mol. The van der Waals surface area contributed by atoms with Gasteiger partial charge in [0.25, 0.3) is 0 Å². The van der Waals surface area contributed by atoms with Crippen molar-refractivity contribution in [3.8, 4) is 11.5 Å². The van der Waals surface area contributed by atoms with Gasteiger partial charge in [-0.1, -0.05) is 24.3 Å². The lowest BCUT2D eigenvalue weighted by Crippen LogP contribution is -2.38. The van der Waals surface area contributed by atoms with E-state index in [-0.39, 0.29) is 10.8 Å². The summed E-state index contributed by atoms with van der Waals surface area (Å²) in [5.74, 6) is 2.29. The zero-order valence-electron chi connectivity index (χ0n) is 22.1. The van der Waals surface area contributed by atoms with E-state index in [1.54, 1.807) is 34.8 Å². The first-order valence-corrected chi connectivity index (χ1v) is 14.7. The summed E-state index contributed by atoms with van der Waals surface area (Å²) < 4.78 is 36.0. The quantitative estimate of drug-likeness (QED) is 0.295. The standard InChI is InChI=1S/C29H29BN6O3S/c30-26-20-33-36-28(32-19-21-5-4-14-31-18-21)17-27(34-29(26)36)22-12-15-35(16-13-22)40(37,38)25-10-8-24(9-11-25)39-23-6-2-1-3-7-23/h1-11,14,17-18,20,22,32H,12-13,15-16,19,30H2. The van der Waals surface area contributed by atoms with E-state index in [4.69, 9.17) is 9.72 Å². The van der Waals surface area contributed by atoms with Crippen LogP contribution in [0.1, 0.15) is 30.0 Å². The van der Waals surface area contributed by atoms with Crippen LogP contribution in [0.2, 0.25) is 0 Å². The Kier molecular flexibility index (Phi) is 7.23. The number of nitrogens with one attached hydrogen (secondary N) is 1. The normalized spacial score (nSPS) is 14.8. The van der Waals surface area contributed by atoms with Gasteiger partial charge in [-0.05, 0) is 66.3 Å². The summed E-state index contributed by atoms with van der Waals surface area (Å²) >= 11 is 0. The number of piperidine rings is 1. The Morgan fingerprint density at radius 3 is 2.42 bits per heavy atom. The van der Waals surface area contributed by atoms with Gasteiger partial charge >= 0.3 is 0 Å². The van der Waals surface area contributed by atoms with E-state index in [9.17, 15) is 8.42 Å². The third kappa shape index (κ3) is 5.43. The fourth-order valence-corrected chi connectivity index (χ4v) is 6.44. The number of fused-ring (bicyclic) bond motifs is 1. The maximum atomic E-state index is 13.4. The van der Waals surface area contributed by atoms with Crippen LogP contribution in [0.25, 0.3) is 5.65 Å². The zero-order chi connectivity index (χ0) is 27.5. The van der Waals surface area contributed by atoms with Gasteiger partial charge in [0, 0.05) is 55.9 Å². The third-order valence-corrected chi connectivity index (χ3v) is 9.09. The summed E-state index contributed by atoms with van der Waals surface area (Å²) in [5.41, 5.74) is 3.81. The smallest absolute Gasteiger partial charge is 0.243 e. The Balaban J connectivity index is 1.15. The van der Waals surface area contributed by atoms with Gasteiger partial charge in [0.15, 0.2) is 5.65 Å². The Morgan fingerprint density at radius 2 is 1.70 bits per heavy atom.